The SMILES string of the molecule is Cc1cc(F)cc(C)c1S(=O)(=O)N1CC2CNCC2C1. The molecule has 0 aromatic heterocycles. The van der Waals surface area contributed by atoms with E-state index in [4.69, 9.17) is 0 Å². The van der Waals surface area contributed by atoms with Gasteiger partial charge in [-0.1, -0.05) is 0 Å². The number of nitrogens with zero attached hydrogens (tertiary/aromatic N) is 1. The van der Waals surface area contributed by atoms with Gasteiger partial charge in [0.25, 0.3) is 0 Å². The zero-order valence-corrected chi connectivity index (χ0v) is 12.5. The fourth-order valence-electron chi connectivity index (χ4n) is 3.44. The first-order valence-electron chi connectivity index (χ1n) is 6.87. The highest BCUT2D eigenvalue weighted by Gasteiger charge is 2.42. The number of nitrogens with one attached hydrogen (secondary N) is 1. The minimum atomic E-state index is -3.52. The molecule has 2 aliphatic heterocycles. The van der Waals surface area contributed by atoms with Crippen molar-refractivity contribution in [3.05, 3.63) is 29.1 Å². The third-order valence-corrected chi connectivity index (χ3v) is 6.52. The molecule has 0 radical (unpaired) electrons. The molecule has 6 heteroatoms. The Hall–Kier alpha value is -0.980. The van der Waals surface area contributed by atoms with E-state index in [0.29, 0.717) is 36.1 Å². The molecule has 2 saturated heterocycles. The van der Waals surface area contributed by atoms with Crippen molar-refractivity contribution in [2.24, 2.45) is 11.8 Å². The second-order valence-corrected chi connectivity index (χ2v) is 7.74. The summed E-state index contributed by atoms with van der Waals surface area (Å²) in [5, 5.41) is 3.30. The minimum absolute atomic E-state index is 0.270. The van der Waals surface area contributed by atoms with Crippen LogP contribution in [0.15, 0.2) is 17.0 Å². The summed E-state index contributed by atoms with van der Waals surface area (Å²) in [6.07, 6.45) is 0. The Morgan fingerprint density at radius 2 is 1.65 bits per heavy atom. The monoisotopic (exact) mass is 298 g/mol. The fraction of sp³-hybridized carbons (Fsp3) is 0.571. The van der Waals surface area contributed by atoms with Gasteiger partial charge in [0.2, 0.25) is 10.0 Å². The average molecular weight is 298 g/mol. The van der Waals surface area contributed by atoms with Gasteiger partial charge in [-0.3, -0.25) is 0 Å². The molecule has 0 amide bonds. The topological polar surface area (TPSA) is 49.4 Å². The van der Waals surface area contributed by atoms with Crippen LogP contribution in [0.5, 0.6) is 0 Å². The van der Waals surface area contributed by atoms with Gasteiger partial charge in [0, 0.05) is 13.1 Å². The highest BCUT2D eigenvalue weighted by Crippen LogP contribution is 2.33. The molecule has 0 saturated carbocycles. The van der Waals surface area contributed by atoms with Gasteiger partial charge in [-0.05, 0) is 62.0 Å². The number of benzene rings is 1. The molecule has 0 aliphatic carbocycles. The number of hydrogen-bond acceptors (Lipinski definition) is 3. The van der Waals surface area contributed by atoms with E-state index in [9.17, 15) is 12.8 Å². The summed E-state index contributed by atoms with van der Waals surface area (Å²) in [6, 6.07) is 2.58. The maximum absolute atomic E-state index is 13.3. The Labute approximate surface area is 119 Å². The smallest absolute Gasteiger partial charge is 0.243 e. The quantitative estimate of drug-likeness (QED) is 0.895. The summed E-state index contributed by atoms with van der Waals surface area (Å²) < 4.78 is 40.5. The van der Waals surface area contributed by atoms with Crippen LogP contribution in [0.4, 0.5) is 4.39 Å². The summed E-state index contributed by atoms with van der Waals surface area (Å²) in [5.74, 6) is 0.429. The zero-order valence-electron chi connectivity index (χ0n) is 11.7. The van der Waals surface area contributed by atoms with Crippen LogP contribution in [0, 0.1) is 31.5 Å². The Bertz CT molecular complexity index is 610. The molecule has 1 N–H and O–H groups in total. The lowest BCUT2D eigenvalue weighted by Gasteiger charge is -2.20. The van der Waals surface area contributed by atoms with Crippen LogP contribution in [0.25, 0.3) is 0 Å². The first kappa shape index (κ1) is 14.0. The zero-order chi connectivity index (χ0) is 14.5. The molecule has 4 nitrogen and oxygen atoms in total. The number of halogens is 1. The highest BCUT2D eigenvalue weighted by molar-refractivity contribution is 7.89. The Morgan fingerprint density at radius 3 is 2.15 bits per heavy atom. The van der Waals surface area contributed by atoms with Crippen LogP contribution in [-0.4, -0.2) is 38.9 Å². The van der Waals surface area contributed by atoms with Crippen molar-refractivity contribution in [1.29, 1.82) is 0 Å². The predicted octanol–water partition coefficient (Wildman–Crippen LogP) is 1.28. The normalized spacial score (nSPS) is 26.9. The lowest BCUT2D eigenvalue weighted by molar-refractivity contribution is 0.447. The van der Waals surface area contributed by atoms with Gasteiger partial charge in [0.15, 0.2) is 0 Å². The Morgan fingerprint density at radius 1 is 1.15 bits per heavy atom. The number of rotatable bonds is 2. The van der Waals surface area contributed by atoms with E-state index in [2.05, 4.69) is 5.32 Å². The molecule has 2 atom stereocenters. The predicted molar refractivity (Wildman–Crippen MR) is 74.5 cm³/mol. The summed E-state index contributed by atoms with van der Waals surface area (Å²) in [5.41, 5.74) is 0.968. The van der Waals surface area contributed by atoms with Gasteiger partial charge in [-0.15, -0.1) is 0 Å². The third kappa shape index (κ3) is 2.16. The molecule has 1 aromatic carbocycles. The maximum Gasteiger partial charge on any atom is 0.243 e. The largest absolute Gasteiger partial charge is 0.316 e. The summed E-state index contributed by atoms with van der Waals surface area (Å²) >= 11 is 0. The van der Waals surface area contributed by atoms with E-state index >= 15 is 0 Å². The first-order valence-corrected chi connectivity index (χ1v) is 8.31. The van der Waals surface area contributed by atoms with Crippen LogP contribution in [0.1, 0.15) is 11.1 Å². The van der Waals surface area contributed by atoms with E-state index in [-0.39, 0.29) is 10.7 Å². The van der Waals surface area contributed by atoms with Crippen LogP contribution in [0.3, 0.4) is 0 Å². The van der Waals surface area contributed by atoms with Crippen molar-refractivity contribution >= 4 is 10.0 Å². The van der Waals surface area contributed by atoms with Gasteiger partial charge in [0.1, 0.15) is 5.82 Å². The van der Waals surface area contributed by atoms with Gasteiger partial charge >= 0.3 is 0 Å². The molecule has 0 bridgehead atoms. The molecule has 110 valence electrons. The number of aryl methyl sites for hydroxylation is 2. The van der Waals surface area contributed by atoms with Crippen LogP contribution in [-0.2, 0) is 10.0 Å². The minimum Gasteiger partial charge on any atom is -0.316 e. The lowest BCUT2D eigenvalue weighted by Crippen LogP contribution is -2.32. The molecule has 1 aromatic rings. The van der Waals surface area contributed by atoms with Crippen LogP contribution < -0.4 is 5.32 Å². The second-order valence-electron chi connectivity index (χ2n) is 5.87. The first-order chi connectivity index (χ1) is 9.39. The average Bonchev–Trinajstić information content (AvgIpc) is 2.85. The molecule has 2 fully saturated rings. The van der Waals surface area contributed by atoms with Crippen LogP contribution in [0.2, 0.25) is 0 Å². The van der Waals surface area contributed by atoms with Crippen LogP contribution >= 0.6 is 0 Å². The summed E-state index contributed by atoms with van der Waals surface area (Å²) in [4.78, 5) is 0.270. The number of fused-ring (bicyclic) bond motifs is 1. The van der Waals surface area contributed by atoms with Crippen molar-refractivity contribution in [3.63, 3.8) is 0 Å². The number of hydrogen-bond donors (Lipinski definition) is 1. The standard InChI is InChI=1S/C14H19FN2O2S/c1-9-3-13(15)4-10(2)14(9)20(18,19)17-7-11-5-16-6-12(11)8-17/h3-4,11-12,16H,5-8H2,1-2H3. The number of sulfonamides is 1. The maximum atomic E-state index is 13.3. The van der Waals surface area contributed by atoms with Crippen molar-refractivity contribution in [2.45, 2.75) is 18.7 Å². The van der Waals surface area contributed by atoms with E-state index in [1.54, 1.807) is 18.2 Å². The highest BCUT2D eigenvalue weighted by atomic mass is 32.2. The molecule has 2 unspecified atom stereocenters. The van der Waals surface area contributed by atoms with Gasteiger partial charge < -0.3 is 5.32 Å². The summed E-state index contributed by atoms with van der Waals surface area (Å²) in [7, 11) is -3.52. The lowest BCUT2D eigenvalue weighted by atomic mass is 10.0. The molecule has 20 heavy (non-hydrogen) atoms. The molecule has 2 aliphatic rings. The third-order valence-electron chi connectivity index (χ3n) is 4.38. The van der Waals surface area contributed by atoms with E-state index in [1.807, 2.05) is 0 Å². The van der Waals surface area contributed by atoms with Crippen molar-refractivity contribution in [2.75, 3.05) is 26.2 Å². The van der Waals surface area contributed by atoms with Gasteiger partial charge in [-0.25, -0.2) is 12.8 Å². The molecule has 0 spiro atoms. The van der Waals surface area contributed by atoms with Gasteiger partial charge in [0.05, 0.1) is 4.90 Å². The van der Waals surface area contributed by atoms with E-state index < -0.39 is 10.0 Å². The van der Waals surface area contributed by atoms with Crippen molar-refractivity contribution < 1.29 is 12.8 Å². The fourth-order valence-corrected chi connectivity index (χ4v) is 5.41. The Kier molecular flexibility index (Phi) is 3.35. The second kappa shape index (κ2) is 4.79. The van der Waals surface area contributed by atoms with E-state index in [1.165, 1.54) is 12.1 Å². The van der Waals surface area contributed by atoms with E-state index in [0.717, 1.165) is 13.1 Å². The van der Waals surface area contributed by atoms with Crippen molar-refractivity contribution in [3.8, 4) is 0 Å². The molecule has 2 heterocycles. The Balaban J connectivity index is 1.97. The summed E-state index contributed by atoms with van der Waals surface area (Å²) in [6.45, 7) is 6.21. The van der Waals surface area contributed by atoms with Gasteiger partial charge in [-0.2, -0.15) is 4.31 Å². The van der Waals surface area contributed by atoms with Crippen molar-refractivity contribution in [1.82, 2.24) is 9.62 Å². The molecular formula is C14H19FN2O2S. The molecule has 3 rings (SSSR count). The molecular weight excluding hydrogens is 279 g/mol.